The van der Waals surface area contributed by atoms with E-state index < -0.39 is 68.2 Å². The van der Waals surface area contributed by atoms with Crippen LogP contribution in [0.4, 0.5) is 0 Å². The highest BCUT2D eigenvalue weighted by molar-refractivity contribution is 5.91. The molecule has 0 aromatic carbocycles. The molecule has 0 aromatic heterocycles. The third kappa shape index (κ3) is 16.7. The SMILES string of the molecule is CCCC(=O)NCC(=O)N(CC(=O)O)CC(=O)NCCCC(=O)CN(CC(=O)O)C(=O)CCC(=O)CNC. The topological polar surface area (TPSA) is 220 Å². The molecule has 0 heterocycles. The zero-order chi connectivity index (χ0) is 29.1. The molecule has 0 fully saturated rings. The van der Waals surface area contributed by atoms with Gasteiger partial charge in [-0.15, -0.1) is 0 Å². The van der Waals surface area contributed by atoms with Crippen molar-refractivity contribution in [3.05, 3.63) is 0 Å². The van der Waals surface area contributed by atoms with Crippen LogP contribution in [-0.4, -0.2) is 120 Å². The lowest BCUT2D eigenvalue weighted by Crippen LogP contribution is -2.47. The third-order valence-corrected chi connectivity index (χ3v) is 4.92. The fourth-order valence-corrected chi connectivity index (χ4v) is 3.12. The molecule has 0 spiro atoms. The Morgan fingerprint density at radius 2 is 1.24 bits per heavy atom. The molecule has 0 aliphatic heterocycles. The van der Waals surface area contributed by atoms with Crippen LogP contribution in [0.2, 0.25) is 0 Å². The smallest absolute Gasteiger partial charge is 0.323 e. The molecule has 0 saturated heterocycles. The Morgan fingerprint density at radius 3 is 1.79 bits per heavy atom. The van der Waals surface area contributed by atoms with Crippen molar-refractivity contribution in [2.24, 2.45) is 0 Å². The standard InChI is InChI=1S/C23H37N5O10/c1-3-5-18(31)26-11-21(34)28(15-23(37)38)13-19(32)25-9-4-6-17(30)12-27(14-22(35)36)20(33)8-7-16(29)10-24-2/h24H,3-15H2,1-2H3,(H,25,32)(H,26,31)(H,35,36)(H,37,38). The summed E-state index contributed by atoms with van der Waals surface area (Å²) in [6.45, 7) is -1.11. The number of hydrogen-bond donors (Lipinski definition) is 5. The van der Waals surface area contributed by atoms with E-state index in [1.54, 1.807) is 14.0 Å². The first-order valence-corrected chi connectivity index (χ1v) is 12.1. The van der Waals surface area contributed by atoms with Gasteiger partial charge in [0.2, 0.25) is 23.6 Å². The van der Waals surface area contributed by atoms with Gasteiger partial charge in [0, 0.05) is 32.2 Å². The van der Waals surface area contributed by atoms with Crippen molar-refractivity contribution >= 4 is 47.1 Å². The Bertz CT molecular complexity index is 807. The average molecular weight is 544 g/mol. The number of carbonyl (C=O) groups is 8. The van der Waals surface area contributed by atoms with E-state index in [9.17, 15) is 38.4 Å². The fraction of sp³-hybridized carbons (Fsp3) is 0.652. The predicted molar refractivity (Wildman–Crippen MR) is 132 cm³/mol. The van der Waals surface area contributed by atoms with Gasteiger partial charge in [0.1, 0.15) is 25.4 Å². The highest BCUT2D eigenvalue weighted by Gasteiger charge is 2.22. The summed E-state index contributed by atoms with van der Waals surface area (Å²) in [5, 5.41) is 25.5. The molecule has 0 atom stereocenters. The lowest BCUT2D eigenvalue weighted by molar-refractivity contribution is -0.146. The first-order valence-electron chi connectivity index (χ1n) is 12.1. The number of carboxylic acid groups (broad SMARTS) is 2. The minimum absolute atomic E-state index is 0.00168. The maximum absolute atomic E-state index is 12.3. The van der Waals surface area contributed by atoms with Crippen LogP contribution in [0.5, 0.6) is 0 Å². The molecule has 0 aliphatic rings. The van der Waals surface area contributed by atoms with Gasteiger partial charge in [-0.2, -0.15) is 0 Å². The summed E-state index contributed by atoms with van der Waals surface area (Å²) in [6, 6.07) is 0. The second kappa shape index (κ2) is 19.3. The molecule has 0 aromatic rings. The maximum atomic E-state index is 12.3. The molecular formula is C23H37N5O10. The van der Waals surface area contributed by atoms with Crippen LogP contribution in [0, 0.1) is 0 Å². The van der Waals surface area contributed by atoms with Crippen molar-refractivity contribution < 1.29 is 48.6 Å². The number of hydrogen-bond acceptors (Lipinski definition) is 9. The molecule has 0 bridgehead atoms. The van der Waals surface area contributed by atoms with E-state index in [0.29, 0.717) is 6.42 Å². The van der Waals surface area contributed by atoms with Gasteiger partial charge >= 0.3 is 11.9 Å². The third-order valence-electron chi connectivity index (χ3n) is 4.92. The van der Waals surface area contributed by atoms with E-state index >= 15 is 0 Å². The van der Waals surface area contributed by atoms with Gasteiger partial charge in [-0.05, 0) is 19.9 Å². The molecule has 0 saturated carbocycles. The summed E-state index contributed by atoms with van der Waals surface area (Å²) >= 11 is 0. The van der Waals surface area contributed by atoms with E-state index in [-0.39, 0.29) is 56.9 Å². The summed E-state index contributed by atoms with van der Waals surface area (Å²) < 4.78 is 0. The molecule has 5 N–H and O–H groups in total. The normalized spacial score (nSPS) is 10.3. The summed E-state index contributed by atoms with van der Waals surface area (Å²) in [5.74, 6) is -5.81. The number of Topliss-reactive ketones (excluding diaryl/α,β-unsaturated/α-hetero) is 2. The van der Waals surface area contributed by atoms with Crippen LogP contribution in [0.15, 0.2) is 0 Å². The first-order chi connectivity index (χ1) is 17.9. The summed E-state index contributed by atoms with van der Waals surface area (Å²) in [6.07, 6.45) is 0.483. The van der Waals surface area contributed by atoms with Gasteiger partial charge in [0.05, 0.1) is 19.6 Å². The summed E-state index contributed by atoms with van der Waals surface area (Å²) in [4.78, 5) is 95.7. The van der Waals surface area contributed by atoms with E-state index in [0.717, 1.165) is 9.80 Å². The minimum atomic E-state index is -1.34. The van der Waals surface area contributed by atoms with Gasteiger partial charge in [-0.25, -0.2) is 0 Å². The Labute approximate surface area is 220 Å². The summed E-state index contributed by atoms with van der Waals surface area (Å²) in [5.41, 5.74) is 0. The van der Waals surface area contributed by atoms with Crippen molar-refractivity contribution in [3.63, 3.8) is 0 Å². The quantitative estimate of drug-likeness (QED) is 0.0974. The highest BCUT2D eigenvalue weighted by atomic mass is 16.4. The number of nitrogens with zero attached hydrogens (tertiary/aromatic N) is 2. The van der Waals surface area contributed by atoms with Gasteiger partial charge in [0.25, 0.3) is 0 Å². The molecule has 4 amide bonds. The van der Waals surface area contributed by atoms with E-state index in [2.05, 4.69) is 16.0 Å². The van der Waals surface area contributed by atoms with Crippen molar-refractivity contribution in [1.82, 2.24) is 25.8 Å². The second-order valence-corrected chi connectivity index (χ2v) is 8.37. The number of carboxylic acids is 2. The molecule has 0 aliphatic carbocycles. The lowest BCUT2D eigenvalue weighted by atomic mass is 10.1. The van der Waals surface area contributed by atoms with Gasteiger partial charge in [-0.1, -0.05) is 6.92 Å². The van der Waals surface area contributed by atoms with Crippen molar-refractivity contribution in [2.75, 3.05) is 52.9 Å². The number of likely N-dealkylation sites (N-methyl/N-ethyl adjacent to an activating group) is 1. The second-order valence-electron chi connectivity index (χ2n) is 8.37. The van der Waals surface area contributed by atoms with Crippen molar-refractivity contribution in [1.29, 1.82) is 0 Å². The average Bonchev–Trinajstić information content (AvgIpc) is 2.82. The van der Waals surface area contributed by atoms with E-state index in [1.807, 2.05) is 0 Å². The number of amides is 4. The molecule has 214 valence electrons. The number of ketones is 2. The summed E-state index contributed by atoms with van der Waals surface area (Å²) in [7, 11) is 1.57. The van der Waals surface area contributed by atoms with Gasteiger partial charge < -0.3 is 36.0 Å². The zero-order valence-corrected chi connectivity index (χ0v) is 21.7. The molecular weight excluding hydrogens is 506 g/mol. The Hall–Kier alpha value is -3.88. The van der Waals surface area contributed by atoms with Gasteiger partial charge in [0.15, 0.2) is 5.78 Å². The Balaban J connectivity index is 4.65. The van der Waals surface area contributed by atoms with Crippen LogP contribution in [-0.2, 0) is 38.4 Å². The number of carbonyl (C=O) groups excluding carboxylic acids is 6. The Kier molecular flexibility index (Phi) is 17.3. The van der Waals surface area contributed by atoms with Crippen LogP contribution >= 0.6 is 0 Å². The lowest BCUT2D eigenvalue weighted by Gasteiger charge is -2.21. The molecule has 15 heteroatoms. The number of rotatable bonds is 21. The monoisotopic (exact) mass is 543 g/mol. The molecule has 38 heavy (non-hydrogen) atoms. The van der Waals surface area contributed by atoms with Crippen molar-refractivity contribution in [2.45, 2.75) is 45.4 Å². The zero-order valence-electron chi connectivity index (χ0n) is 21.7. The largest absolute Gasteiger partial charge is 0.480 e. The van der Waals surface area contributed by atoms with Crippen LogP contribution < -0.4 is 16.0 Å². The van der Waals surface area contributed by atoms with E-state index in [4.69, 9.17) is 10.2 Å². The first kappa shape index (κ1) is 34.1. The molecule has 15 nitrogen and oxygen atoms in total. The van der Waals surface area contributed by atoms with Crippen LogP contribution in [0.3, 0.4) is 0 Å². The minimum Gasteiger partial charge on any atom is -0.480 e. The van der Waals surface area contributed by atoms with Crippen molar-refractivity contribution in [3.8, 4) is 0 Å². The molecule has 0 radical (unpaired) electrons. The number of nitrogens with one attached hydrogen (secondary N) is 3. The predicted octanol–water partition coefficient (Wildman–Crippen LogP) is -2.24. The molecule has 0 rings (SSSR count). The van der Waals surface area contributed by atoms with Gasteiger partial charge in [-0.3, -0.25) is 38.4 Å². The highest BCUT2D eigenvalue weighted by Crippen LogP contribution is 2.02. The maximum Gasteiger partial charge on any atom is 0.323 e. The number of aliphatic carboxylic acids is 2. The molecule has 0 unspecified atom stereocenters. The Morgan fingerprint density at radius 1 is 0.632 bits per heavy atom. The van der Waals surface area contributed by atoms with Crippen LogP contribution in [0.25, 0.3) is 0 Å². The van der Waals surface area contributed by atoms with E-state index in [1.165, 1.54) is 0 Å². The van der Waals surface area contributed by atoms with Crippen LogP contribution in [0.1, 0.15) is 45.4 Å². The fourth-order valence-electron chi connectivity index (χ4n) is 3.12.